The molecule has 15 heavy (non-hydrogen) atoms. The third-order valence-corrected chi connectivity index (χ3v) is 2.89. The highest BCUT2D eigenvalue weighted by Gasteiger charge is 2.08. The SMILES string of the molecule is CCc1cc(CC(=O)O)cc(CC)c1Cl. The van der Waals surface area contributed by atoms with Crippen molar-refractivity contribution < 1.29 is 9.90 Å². The maximum Gasteiger partial charge on any atom is 0.307 e. The number of hydrogen-bond acceptors (Lipinski definition) is 1. The first-order valence-electron chi connectivity index (χ1n) is 5.10. The zero-order chi connectivity index (χ0) is 11.4. The predicted octanol–water partition coefficient (Wildman–Crippen LogP) is 3.09. The maximum atomic E-state index is 10.6. The number of hydrogen-bond donors (Lipinski definition) is 1. The van der Waals surface area contributed by atoms with Crippen LogP contribution < -0.4 is 0 Å². The van der Waals surface area contributed by atoms with Crippen LogP contribution in [-0.4, -0.2) is 11.1 Å². The van der Waals surface area contributed by atoms with Gasteiger partial charge in [0.25, 0.3) is 0 Å². The summed E-state index contributed by atoms with van der Waals surface area (Å²) < 4.78 is 0. The predicted molar refractivity (Wildman–Crippen MR) is 61.5 cm³/mol. The van der Waals surface area contributed by atoms with E-state index in [4.69, 9.17) is 16.7 Å². The standard InChI is InChI=1S/C12H15ClO2/c1-3-9-5-8(7-11(14)15)6-10(4-2)12(9)13/h5-6H,3-4,7H2,1-2H3,(H,14,15). The van der Waals surface area contributed by atoms with Crippen LogP contribution in [0.25, 0.3) is 0 Å². The monoisotopic (exact) mass is 226 g/mol. The molecular weight excluding hydrogens is 212 g/mol. The van der Waals surface area contributed by atoms with Gasteiger partial charge >= 0.3 is 5.97 Å². The van der Waals surface area contributed by atoms with Crippen molar-refractivity contribution in [2.24, 2.45) is 0 Å². The summed E-state index contributed by atoms with van der Waals surface area (Å²) in [7, 11) is 0. The molecule has 0 unspecified atom stereocenters. The van der Waals surface area contributed by atoms with Crippen LogP contribution in [0.3, 0.4) is 0 Å². The topological polar surface area (TPSA) is 37.3 Å². The first kappa shape index (κ1) is 12.1. The van der Waals surface area contributed by atoms with E-state index in [2.05, 4.69) is 0 Å². The second kappa shape index (κ2) is 5.17. The third-order valence-electron chi connectivity index (χ3n) is 2.40. The highest BCUT2D eigenvalue weighted by atomic mass is 35.5. The van der Waals surface area contributed by atoms with E-state index < -0.39 is 5.97 Å². The van der Waals surface area contributed by atoms with Crippen molar-refractivity contribution in [1.82, 2.24) is 0 Å². The van der Waals surface area contributed by atoms with Crippen molar-refractivity contribution in [3.05, 3.63) is 33.8 Å². The highest BCUT2D eigenvalue weighted by Crippen LogP contribution is 2.24. The zero-order valence-corrected chi connectivity index (χ0v) is 9.77. The van der Waals surface area contributed by atoms with Gasteiger partial charge in [-0.25, -0.2) is 0 Å². The third kappa shape index (κ3) is 2.96. The molecule has 3 heteroatoms. The molecule has 2 nitrogen and oxygen atoms in total. The highest BCUT2D eigenvalue weighted by molar-refractivity contribution is 6.32. The van der Waals surface area contributed by atoms with Crippen LogP contribution >= 0.6 is 11.6 Å². The van der Waals surface area contributed by atoms with Crippen molar-refractivity contribution in [3.8, 4) is 0 Å². The molecule has 0 aromatic heterocycles. The van der Waals surface area contributed by atoms with E-state index in [1.165, 1.54) is 0 Å². The van der Waals surface area contributed by atoms with Crippen LogP contribution in [0.4, 0.5) is 0 Å². The van der Waals surface area contributed by atoms with Gasteiger partial charge in [-0.15, -0.1) is 0 Å². The summed E-state index contributed by atoms with van der Waals surface area (Å²) in [6.45, 7) is 4.04. The molecule has 0 aliphatic heterocycles. The molecule has 0 aliphatic carbocycles. The minimum atomic E-state index is -0.804. The molecule has 0 amide bonds. The van der Waals surface area contributed by atoms with Gasteiger partial charge in [-0.1, -0.05) is 37.6 Å². The Hall–Kier alpha value is -1.02. The van der Waals surface area contributed by atoms with E-state index in [-0.39, 0.29) is 6.42 Å². The molecule has 1 aromatic carbocycles. The lowest BCUT2D eigenvalue weighted by atomic mass is 10.0. The van der Waals surface area contributed by atoms with E-state index >= 15 is 0 Å². The van der Waals surface area contributed by atoms with Crippen LogP contribution in [0.5, 0.6) is 0 Å². The van der Waals surface area contributed by atoms with Crippen molar-refractivity contribution in [1.29, 1.82) is 0 Å². The fourth-order valence-electron chi connectivity index (χ4n) is 1.61. The summed E-state index contributed by atoms with van der Waals surface area (Å²) in [6, 6.07) is 3.77. The lowest BCUT2D eigenvalue weighted by Crippen LogP contribution is -2.02. The van der Waals surface area contributed by atoms with Crippen molar-refractivity contribution in [2.75, 3.05) is 0 Å². The Balaban J connectivity index is 3.14. The largest absolute Gasteiger partial charge is 0.481 e. The quantitative estimate of drug-likeness (QED) is 0.857. The maximum absolute atomic E-state index is 10.6. The second-order valence-corrected chi connectivity index (χ2v) is 3.88. The Bertz CT molecular complexity index is 347. The fraction of sp³-hybridized carbons (Fsp3) is 0.417. The van der Waals surface area contributed by atoms with Crippen LogP contribution in [0.2, 0.25) is 5.02 Å². The normalized spacial score (nSPS) is 10.3. The lowest BCUT2D eigenvalue weighted by Gasteiger charge is -2.09. The first-order valence-corrected chi connectivity index (χ1v) is 5.48. The number of aliphatic carboxylic acids is 1. The first-order chi connectivity index (χ1) is 7.08. The molecule has 0 spiro atoms. The Kier molecular flexibility index (Phi) is 4.15. The number of carbonyl (C=O) groups is 1. The van der Waals surface area contributed by atoms with Gasteiger partial charge in [0.1, 0.15) is 0 Å². The van der Waals surface area contributed by atoms with Crippen molar-refractivity contribution in [2.45, 2.75) is 33.1 Å². The van der Waals surface area contributed by atoms with Gasteiger partial charge in [0.05, 0.1) is 6.42 Å². The second-order valence-electron chi connectivity index (χ2n) is 3.51. The lowest BCUT2D eigenvalue weighted by molar-refractivity contribution is -0.136. The summed E-state index contributed by atoms with van der Waals surface area (Å²) in [5.74, 6) is -0.804. The van der Waals surface area contributed by atoms with Crippen molar-refractivity contribution in [3.63, 3.8) is 0 Å². The molecule has 82 valence electrons. The van der Waals surface area contributed by atoms with E-state index in [1.54, 1.807) is 0 Å². The Morgan fingerprint density at radius 2 is 1.73 bits per heavy atom. The van der Waals surface area contributed by atoms with Gasteiger partial charge in [0.15, 0.2) is 0 Å². The smallest absolute Gasteiger partial charge is 0.307 e. The molecule has 0 bridgehead atoms. The minimum absolute atomic E-state index is 0.0666. The molecule has 0 saturated carbocycles. The Labute approximate surface area is 94.9 Å². The number of carboxylic acids is 1. The molecule has 0 saturated heterocycles. The Morgan fingerprint density at radius 1 is 1.27 bits per heavy atom. The molecule has 0 atom stereocenters. The van der Waals surface area contributed by atoms with Crippen LogP contribution in [-0.2, 0) is 24.1 Å². The fourth-order valence-corrected chi connectivity index (χ4v) is 1.99. The molecule has 1 rings (SSSR count). The van der Waals surface area contributed by atoms with Gasteiger partial charge in [-0.2, -0.15) is 0 Å². The van der Waals surface area contributed by atoms with Gasteiger partial charge in [0.2, 0.25) is 0 Å². The van der Waals surface area contributed by atoms with E-state index in [0.29, 0.717) is 0 Å². The van der Waals surface area contributed by atoms with Crippen LogP contribution in [0.1, 0.15) is 30.5 Å². The van der Waals surface area contributed by atoms with Gasteiger partial charge in [-0.05, 0) is 29.5 Å². The number of halogens is 1. The van der Waals surface area contributed by atoms with Gasteiger partial charge in [0, 0.05) is 5.02 Å². The number of aryl methyl sites for hydroxylation is 2. The number of carboxylic acid groups (broad SMARTS) is 1. The number of rotatable bonds is 4. The summed E-state index contributed by atoms with van der Waals surface area (Å²) in [4.78, 5) is 10.6. The summed E-state index contributed by atoms with van der Waals surface area (Å²) in [5.41, 5.74) is 2.90. The molecule has 0 fully saturated rings. The average Bonchev–Trinajstić information content (AvgIpc) is 2.19. The summed E-state index contributed by atoms with van der Waals surface area (Å²) >= 11 is 6.17. The molecule has 0 aliphatic rings. The summed E-state index contributed by atoms with van der Waals surface area (Å²) in [5, 5.41) is 9.52. The molecule has 1 N–H and O–H groups in total. The summed E-state index contributed by atoms with van der Waals surface area (Å²) in [6.07, 6.45) is 1.73. The van der Waals surface area contributed by atoms with E-state index in [1.807, 2.05) is 26.0 Å². The van der Waals surface area contributed by atoms with E-state index in [9.17, 15) is 4.79 Å². The molecule has 0 heterocycles. The van der Waals surface area contributed by atoms with Crippen LogP contribution in [0, 0.1) is 0 Å². The van der Waals surface area contributed by atoms with Gasteiger partial charge < -0.3 is 5.11 Å². The van der Waals surface area contributed by atoms with Crippen LogP contribution in [0.15, 0.2) is 12.1 Å². The number of benzene rings is 1. The zero-order valence-electron chi connectivity index (χ0n) is 9.01. The van der Waals surface area contributed by atoms with Crippen molar-refractivity contribution >= 4 is 17.6 Å². The minimum Gasteiger partial charge on any atom is -0.481 e. The molecular formula is C12H15ClO2. The average molecular weight is 227 g/mol. The molecule has 1 aromatic rings. The molecule has 0 radical (unpaired) electrons. The van der Waals surface area contributed by atoms with E-state index in [0.717, 1.165) is 34.6 Å². The Morgan fingerprint density at radius 3 is 2.07 bits per heavy atom. The van der Waals surface area contributed by atoms with Gasteiger partial charge in [-0.3, -0.25) is 4.79 Å².